The molecule has 182 valence electrons. The minimum absolute atomic E-state index is 0.150. The highest BCUT2D eigenvalue weighted by Gasteiger charge is 2.45. The van der Waals surface area contributed by atoms with Crippen LogP contribution < -0.4 is 19.6 Å². The molecule has 11 heteroatoms. The van der Waals surface area contributed by atoms with E-state index in [2.05, 4.69) is 4.99 Å². The normalized spacial score (nSPS) is 16.1. The number of aromatic nitrogens is 1. The Morgan fingerprint density at radius 3 is 2.40 bits per heavy atom. The molecule has 0 saturated carbocycles. The summed E-state index contributed by atoms with van der Waals surface area (Å²) in [6.07, 6.45) is -3.42. The van der Waals surface area contributed by atoms with Gasteiger partial charge in [-0.3, -0.25) is 9.36 Å². The van der Waals surface area contributed by atoms with Crippen LogP contribution in [0.15, 0.2) is 69.6 Å². The fourth-order valence-corrected chi connectivity index (χ4v) is 4.78. The zero-order chi connectivity index (χ0) is 25.3. The van der Waals surface area contributed by atoms with Gasteiger partial charge in [-0.15, -0.1) is 0 Å². The molecule has 0 unspecified atom stereocenters. The van der Waals surface area contributed by atoms with Crippen molar-refractivity contribution < 1.29 is 27.4 Å². The van der Waals surface area contributed by atoms with E-state index in [1.165, 1.54) is 38.3 Å². The molecule has 35 heavy (non-hydrogen) atoms. The Morgan fingerprint density at radius 1 is 1.17 bits per heavy atom. The van der Waals surface area contributed by atoms with Crippen LogP contribution in [0, 0.1) is 0 Å². The van der Waals surface area contributed by atoms with E-state index >= 15 is 0 Å². The summed E-state index contributed by atoms with van der Waals surface area (Å²) in [6.45, 7) is 1.33. The molecule has 0 radical (unpaired) electrons. The first-order valence-corrected chi connectivity index (χ1v) is 11.5. The molecule has 2 aromatic carbocycles. The van der Waals surface area contributed by atoms with Gasteiger partial charge in [-0.25, -0.2) is 9.79 Å². The van der Waals surface area contributed by atoms with Gasteiger partial charge in [0.1, 0.15) is 5.75 Å². The second-order valence-electron chi connectivity index (χ2n) is 7.39. The molecule has 4 rings (SSSR count). The number of esters is 1. The average molecular weight is 523 g/mol. The summed E-state index contributed by atoms with van der Waals surface area (Å²) in [7, 11) is 1.52. The molecular weight excluding hydrogens is 505 g/mol. The summed E-state index contributed by atoms with van der Waals surface area (Å²) in [5, 5.41) is 0.346. The lowest BCUT2D eigenvalue weighted by atomic mass is 9.95. The van der Waals surface area contributed by atoms with E-state index in [1.807, 2.05) is 0 Å². The third kappa shape index (κ3) is 4.89. The predicted molar refractivity (Wildman–Crippen MR) is 125 cm³/mol. The summed E-state index contributed by atoms with van der Waals surface area (Å²) in [5.41, 5.74) is -1.85. The minimum Gasteiger partial charge on any atom is -0.497 e. The van der Waals surface area contributed by atoms with Crippen LogP contribution in [0.5, 0.6) is 5.75 Å². The van der Waals surface area contributed by atoms with Crippen molar-refractivity contribution in [1.82, 2.24) is 4.57 Å². The molecule has 0 aliphatic carbocycles. The predicted octanol–water partition coefficient (Wildman–Crippen LogP) is 4.00. The maximum absolute atomic E-state index is 14.1. The number of methoxy groups -OCH3 is 1. The highest BCUT2D eigenvalue weighted by molar-refractivity contribution is 7.07. The van der Waals surface area contributed by atoms with Crippen LogP contribution in [-0.2, 0) is 9.53 Å². The molecule has 0 N–H and O–H groups in total. The summed E-state index contributed by atoms with van der Waals surface area (Å²) in [4.78, 5) is 29.8. The Balaban J connectivity index is 2.01. The van der Waals surface area contributed by atoms with Crippen molar-refractivity contribution in [2.24, 2.45) is 4.99 Å². The summed E-state index contributed by atoms with van der Waals surface area (Å²) < 4.78 is 53.6. The van der Waals surface area contributed by atoms with E-state index in [9.17, 15) is 22.8 Å². The monoisotopic (exact) mass is 522 g/mol. The molecule has 1 aliphatic heterocycles. The quantitative estimate of drug-likeness (QED) is 0.475. The van der Waals surface area contributed by atoms with Gasteiger partial charge in [-0.2, -0.15) is 13.2 Å². The van der Waals surface area contributed by atoms with Gasteiger partial charge in [0.05, 0.1) is 29.9 Å². The number of carbonyl (C=O) groups excluding carboxylic acids is 1. The van der Waals surface area contributed by atoms with Crippen molar-refractivity contribution >= 4 is 35.0 Å². The number of halogens is 4. The number of ether oxygens (including phenoxy) is 2. The lowest BCUT2D eigenvalue weighted by molar-refractivity contribution is -0.140. The van der Waals surface area contributed by atoms with E-state index < -0.39 is 35.0 Å². The molecule has 0 spiro atoms. The fraction of sp³-hybridized carbons (Fsp3) is 0.208. The van der Waals surface area contributed by atoms with Gasteiger partial charge in [0, 0.05) is 5.02 Å². The number of thiazole rings is 1. The zero-order valence-corrected chi connectivity index (χ0v) is 20.0. The lowest BCUT2D eigenvalue weighted by Crippen LogP contribution is -2.41. The fourth-order valence-electron chi connectivity index (χ4n) is 3.65. The first kappa shape index (κ1) is 24.7. The average Bonchev–Trinajstić information content (AvgIpc) is 3.13. The lowest BCUT2D eigenvalue weighted by Gasteiger charge is -2.26. The third-order valence-electron chi connectivity index (χ3n) is 5.19. The van der Waals surface area contributed by atoms with Crippen molar-refractivity contribution in [3.63, 3.8) is 0 Å². The number of hydrogen-bond donors (Lipinski definition) is 0. The Morgan fingerprint density at radius 2 is 1.83 bits per heavy atom. The molecule has 0 bridgehead atoms. The minimum atomic E-state index is -4.96. The van der Waals surface area contributed by atoms with Crippen LogP contribution in [0.3, 0.4) is 0 Å². The van der Waals surface area contributed by atoms with Gasteiger partial charge in [-0.05, 0) is 48.4 Å². The largest absolute Gasteiger partial charge is 0.497 e. The second-order valence-corrected chi connectivity index (χ2v) is 8.83. The van der Waals surface area contributed by atoms with E-state index in [0.29, 0.717) is 16.3 Å². The Kier molecular flexibility index (Phi) is 6.86. The first-order chi connectivity index (χ1) is 16.6. The molecule has 0 saturated heterocycles. The number of allylic oxidation sites excluding steroid dienone is 1. The topological polar surface area (TPSA) is 69.9 Å². The van der Waals surface area contributed by atoms with Gasteiger partial charge >= 0.3 is 12.1 Å². The number of alkyl halides is 3. The molecule has 2 heterocycles. The van der Waals surface area contributed by atoms with E-state index in [1.54, 1.807) is 30.3 Å². The van der Waals surface area contributed by atoms with E-state index in [-0.39, 0.29) is 21.5 Å². The maximum atomic E-state index is 14.1. The number of fused-ring (bicyclic) bond motifs is 1. The number of hydrogen-bond acceptors (Lipinski definition) is 6. The van der Waals surface area contributed by atoms with Gasteiger partial charge in [0.15, 0.2) is 10.5 Å². The third-order valence-corrected chi connectivity index (χ3v) is 6.43. The van der Waals surface area contributed by atoms with Crippen LogP contribution in [0.25, 0.3) is 6.08 Å². The molecule has 1 aliphatic rings. The van der Waals surface area contributed by atoms with Gasteiger partial charge in [0.2, 0.25) is 0 Å². The highest BCUT2D eigenvalue weighted by Crippen LogP contribution is 2.38. The zero-order valence-electron chi connectivity index (χ0n) is 18.4. The number of benzene rings is 2. The SMILES string of the molecule is CCOC(=O)C1=C(C(F)(F)F)N=c2sc(=Cc3ccc(OC)cc3)c(=O)n2[C@H]1c1ccc(Cl)cc1. The smallest absolute Gasteiger partial charge is 0.434 e. The Hall–Kier alpha value is -3.37. The number of carbonyl (C=O) groups is 1. The van der Waals surface area contributed by atoms with E-state index in [0.717, 1.165) is 15.9 Å². The molecule has 1 atom stereocenters. The van der Waals surface area contributed by atoms with Crippen molar-refractivity contribution in [3.8, 4) is 5.75 Å². The van der Waals surface area contributed by atoms with Crippen LogP contribution in [0.4, 0.5) is 13.2 Å². The Bertz CT molecular complexity index is 1470. The number of nitrogens with zero attached hydrogens (tertiary/aromatic N) is 2. The van der Waals surface area contributed by atoms with Crippen molar-refractivity contribution in [2.45, 2.75) is 19.1 Å². The second kappa shape index (κ2) is 9.71. The van der Waals surface area contributed by atoms with Crippen LogP contribution in [0.1, 0.15) is 24.1 Å². The van der Waals surface area contributed by atoms with Crippen molar-refractivity contribution in [2.75, 3.05) is 13.7 Å². The highest BCUT2D eigenvalue weighted by atomic mass is 35.5. The standard InChI is InChI=1S/C24H18ClF3N2O4S/c1-3-34-22(32)18-19(14-6-8-15(25)9-7-14)30-21(31)17(12-13-4-10-16(33-2)11-5-13)35-23(30)29-20(18)24(26,27)28/h4-12,19H,3H2,1-2H3/t19-/m0/s1. The maximum Gasteiger partial charge on any atom is 0.434 e. The number of rotatable bonds is 5. The molecular formula is C24H18ClF3N2O4S. The van der Waals surface area contributed by atoms with Gasteiger partial charge in [0.25, 0.3) is 5.56 Å². The van der Waals surface area contributed by atoms with Gasteiger partial charge < -0.3 is 9.47 Å². The van der Waals surface area contributed by atoms with Gasteiger partial charge in [-0.1, -0.05) is 47.2 Å². The molecule has 6 nitrogen and oxygen atoms in total. The summed E-state index contributed by atoms with van der Waals surface area (Å²) in [5.74, 6) is -0.590. The first-order valence-electron chi connectivity index (χ1n) is 10.3. The molecule has 0 amide bonds. The van der Waals surface area contributed by atoms with Crippen molar-refractivity contribution in [1.29, 1.82) is 0 Å². The van der Waals surface area contributed by atoms with E-state index in [4.69, 9.17) is 21.1 Å². The van der Waals surface area contributed by atoms with Crippen LogP contribution >= 0.6 is 22.9 Å². The summed E-state index contributed by atoms with van der Waals surface area (Å²) >= 11 is 6.77. The molecule has 3 aromatic rings. The van der Waals surface area contributed by atoms with Crippen molar-refractivity contribution in [3.05, 3.63) is 95.6 Å². The Labute approximate surface area is 206 Å². The molecule has 1 aromatic heterocycles. The van der Waals surface area contributed by atoms with Crippen LogP contribution in [0.2, 0.25) is 5.02 Å². The molecule has 0 fully saturated rings. The van der Waals surface area contributed by atoms with Crippen LogP contribution in [-0.4, -0.2) is 30.4 Å². The summed E-state index contributed by atoms with van der Waals surface area (Å²) in [6, 6.07) is 11.3.